The van der Waals surface area contributed by atoms with E-state index in [2.05, 4.69) is 33.7 Å². The van der Waals surface area contributed by atoms with E-state index < -0.39 is 0 Å². The summed E-state index contributed by atoms with van der Waals surface area (Å²) in [6, 6.07) is 16.0. The second-order valence-corrected chi connectivity index (χ2v) is 7.60. The van der Waals surface area contributed by atoms with Crippen molar-refractivity contribution in [2.45, 2.75) is 38.8 Å². The van der Waals surface area contributed by atoms with Gasteiger partial charge in [-0.3, -0.25) is 4.90 Å². The largest absolute Gasteiger partial charge is 0.494 e. The highest BCUT2D eigenvalue weighted by atomic mass is 35.5. The van der Waals surface area contributed by atoms with E-state index in [4.69, 9.17) is 21.3 Å². The molecule has 1 aromatic heterocycles. The Morgan fingerprint density at radius 3 is 2.56 bits per heavy atom. The number of nitrogens with zero attached hydrogens (tertiary/aromatic N) is 3. The van der Waals surface area contributed by atoms with Crippen molar-refractivity contribution < 1.29 is 4.74 Å². The minimum atomic E-state index is 0.718. The lowest BCUT2D eigenvalue weighted by atomic mass is 10.3. The molecule has 2 heterocycles. The molecule has 0 saturated carbocycles. The molecule has 0 N–H and O–H groups in total. The van der Waals surface area contributed by atoms with E-state index in [1.54, 1.807) is 0 Å². The number of unbranched alkanes of at least 4 members (excludes halogenated alkanes) is 1. The van der Waals surface area contributed by atoms with Crippen molar-refractivity contribution in [1.29, 1.82) is 0 Å². The zero-order chi connectivity index (χ0) is 18.5. The number of fused-ring (bicyclic) bond motifs is 1. The number of halogens is 1. The minimum absolute atomic E-state index is 0.718. The van der Waals surface area contributed by atoms with Crippen LogP contribution in [0.25, 0.3) is 11.0 Å². The van der Waals surface area contributed by atoms with Gasteiger partial charge in [0.15, 0.2) is 0 Å². The number of hydrogen-bond donors (Lipinski definition) is 0. The summed E-state index contributed by atoms with van der Waals surface area (Å²) >= 11 is 5.91. The molecule has 0 spiro atoms. The van der Waals surface area contributed by atoms with Crippen LogP contribution in [0.3, 0.4) is 0 Å². The Kier molecular flexibility index (Phi) is 5.95. The first-order valence-electron chi connectivity index (χ1n) is 9.84. The third-order valence-corrected chi connectivity index (χ3v) is 5.41. The second-order valence-electron chi connectivity index (χ2n) is 7.16. The van der Waals surface area contributed by atoms with Gasteiger partial charge < -0.3 is 9.30 Å². The number of rotatable bonds is 8. The van der Waals surface area contributed by atoms with E-state index in [1.807, 2.05) is 24.3 Å². The fraction of sp³-hybridized carbons (Fsp3) is 0.409. The van der Waals surface area contributed by atoms with Crippen LogP contribution in [0.15, 0.2) is 48.5 Å². The zero-order valence-corrected chi connectivity index (χ0v) is 16.4. The highest BCUT2D eigenvalue weighted by molar-refractivity contribution is 6.30. The molecule has 0 amide bonds. The molecule has 1 saturated heterocycles. The van der Waals surface area contributed by atoms with E-state index >= 15 is 0 Å². The molecule has 0 aliphatic carbocycles. The summed E-state index contributed by atoms with van der Waals surface area (Å²) in [4.78, 5) is 7.42. The second kappa shape index (κ2) is 8.77. The summed E-state index contributed by atoms with van der Waals surface area (Å²) < 4.78 is 8.21. The summed E-state index contributed by atoms with van der Waals surface area (Å²) in [5.74, 6) is 2.07. The monoisotopic (exact) mass is 383 g/mol. The Hall–Kier alpha value is -2.04. The average Bonchev–Trinajstić information content (AvgIpc) is 3.31. The van der Waals surface area contributed by atoms with Crippen LogP contribution in [-0.2, 0) is 13.1 Å². The Morgan fingerprint density at radius 1 is 0.963 bits per heavy atom. The van der Waals surface area contributed by atoms with Crippen LogP contribution in [0.5, 0.6) is 5.75 Å². The highest BCUT2D eigenvalue weighted by Crippen LogP contribution is 2.20. The lowest BCUT2D eigenvalue weighted by molar-refractivity contribution is 0.298. The zero-order valence-electron chi connectivity index (χ0n) is 15.6. The third-order valence-electron chi connectivity index (χ3n) is 5.16. The molecular formula is C22H26ClN3O. The van der Waals surface area contributed by atoms with Crippen LogP contribution in [0.2, 0.25) is 5.02 Å². The molecule has 1 aliphatic rings. The quantitative estimate of drug-likeness (QED) is 0.504. The van der Waals surface area contributed by atoms with Crippen molar-refractivity contribution in [3.05, 3.63) is 59.4 Å². The van der Waals surface area contributed by atoms with Gasteiger partial charge in [0.2, 0.25) is 0 Å². The van der Waals surface area contributed by atoms with Crippen LogP contribution in [0.4, 0.5) is 0 Å². The van der Waals surface area contributed by atoms with Crippen molar-refractivity contribution in [2.24, 2.45) is 0 Å². The summed E-state index contributed by atoms with van der Waals surface area (Å²) in [6.45, 7) is 5.04. The van der Waals surface area contributed by atoms with Gasteiger partial charge in [-0.15, -0.1) is 0 Å². The number of para-hydroxylation sites is 2. The van der Waals surface area contributed by atoms with Crippen molar-refractivity contribution >= 4 is 22.6 Å². The molecule has 4 nitrogen and oxygen atoms in total. The average molecular weight is 384 g/mol. The van der Waals surface area contributed by atoms with Gasteiger partial charge in [-0.1, -0.05) is 23.7 Å². The summed E-state index contributed by atoms with van der Waals surface area (Å²) in [5, 5.41) is 0.736. The minimum Gasteiger partial charge on any atom is -0.494 e. The number of aryl methyl sites for hydroxylation is 1. The van der Waals surface area contributed by atoms with Crippen molar-refractivity contribution in [3.63, 3.8) is 0 Å². The predicted molar refractivity (Wildman–Crippen MR) is 110 cm³/mol. The molecule has 27 heavy (non-hydrogen) atoms. The molecule has 0 radical (unpaired) electrons. The maximum Gasteiger partial charge on any atom is 0.124 e. The van der Waals surface area contributed by atoms with Crippen LogP contribution in [0, 0.1) is 0 Å². The maximum atomic E-state index is 5.91. The van der Waals surface area contributed by atoms with E-state index in [9.17, 15) is 0 Å². The van der Waals surface area contributed by atoms with E-state index in [-0.39, 0.29) is 0 Å². The molecule has 3 aromatic rings. The molecule has 142 valence electrons. The number of benzene rings is 2. The summed E-state index contributed by atoms with van der Waals surface area (Å²) in [5.41, 5.74) is 2.34. The van der Waals surface area contributed by atoms with Gasteiger partial charge in [-0.05, 0) is 75.2 Å². The Morgan fingerprint density at radius 2 is 1.74 bits per heavy atom. The van der Waals surface area contributed by atoms with Gasteiger partial charge in [-0.25, -0.2) is 4.98 Å². The molecule has 1 aliphatic heterocycles. The highest BCUT2D eigenvalue weighted by Gasteiger charge is 2.17. The molecule has 5 heteroatoms. The van der Waals surface area contributed by atoms with Crippen molar-refractivity contribution in [3.8, 4) is 5.75 Å². The summed E-state index contributed by atoms with van der Waals surface area (Å²) in [6.07, 6.45) is 4.70. The SMILES string of the molecule is Clc1ccc(OCCCCn2c(CN3CCCC3)nc3ccccc32)cc1. The van der Waals surface area contributed by atoms with Crippen molar-refractivity contribution in [2.75, 3.05) is 19.7 Å². The van der Waals surface area contributed by atoms with Gasteiger partial charge >= 0.3 is 0 Å². The number of hydrogen-bond acceptors (Lipinski definition) is 3. The maximum absolute atomic E-state index is 5.91. The van der Waals surface area contributed by atoms with E-state index in [0.29, 0.717) is 0 Å². The molecule has 4 rings (SSSR count). The lowest BCUT2D eigenvalue weighted by Crippen LogP contribution is -2.21. The molecule has 2 aromatic carbocycles. The third kappa shape index (κ3) is 4.63. The molecule has 0 atom stereocenters. The lowest BCUT2D eigenvalue weighted by Gasteiger charge is -2.16. The van der Waals surface area contributed by atoms with Crippen molar-refractivity contribution in [1.82, 2.24) is 14.5 Å². The number of likely N-dealkylation sites (tertiary alicyclic amines) is 1. The van der Waals surface area contributed by atoms with E-state index in [0.717, 1.165) is 48.8 Å². The van der Waals surface area contributed by atoms with Gasteiger partial charge in [0.1, 0.15) is 11.6 Å². The Bertz CT molecular complexity index is 869. The van der Waals surface area contributed by atoms with Gasteiger partial charge in [0.05, 0.1) is 24.2 Å². The first-order valence-corrected chi connectivity index (χ1v) is 10.2. The predicted octanol–water partition coefficient (Wildman–Crippen LogP) is 5.14. The van der Waals surface area contributed by atoms with Gasteiger partial charge in [0, 0.05) is 11.6 Å². The topological polar surface area (TPSA) is 30.3 Å². The fourth-order valence-corrected chi connectivity index (χ4v) is 3.86. The van der Waals surface area contributed by atoms with Gasteiger partial charge in [0.25, 0.3) is 0 Å². The normalized spacial score (nSPS) is 14.9. The molecular weight excluding hydrogens is 358 g/mol. The summed E-state index contributed by atoms with van der Waals surface area (Å²) in [7, 11) is 0. The van der Waals surface area contributed by atoms with Gasteiger partial charge in [-0.2, -0.15) is 0 Å². The van der Waals surface area contributed by atoms with Crippen LogP contribution in [0.1, 0.15) is 31.5 Å². The first kappa shape index (κ1) is 18.3. The number of aromatic nitrogens is 2. The number of ether oxygens (including phenoxy) is 1. The van der Waals surface area contributed by atoms with E-state index in [1.165, 1.54) is 37.3 Å². The fourth-order valence-electron chi connectivity index (χ4n) is 3.73. The molecule has 1 fully saturated rings. The van der Waals surface area contributed by atoms with Crippen LogP contribution < -0.4 is 4.74 Å². The van der Waals surface area contributed by atoms with Crippen LogP contribution >= 0.6 is 11.6 Å². The standard InChI is InChI=1S/C22H26ClN3O/c23-18-9-11-19(12-10-18)27-16-6-5-15-26-21-8-2-1-7-20(21)24-22(26)17-25-13-3-4-14-25/h1-2,7-12H,3-6,13-17H2. The molecule has 0 bridgehead atoms. The molecule has 0 unspecified atom stereocenters. The Balaban J connectivity index is 1.36. The first-order chi connectivity index (χ1) is 13.3. The van der Waals surface area contributed by atoms with Crippen LogP contribution in [-0.4, -0.2) is 34.1 Å². The smallest absolute Gasteiger partial charge is 0.124 e. The number of imidazole rings is 1. The Labute approximate surface area is 165 Å².